The Morgan fingerprint density at radius 3 is 2.39 bits per heavy atom. The van der Waals surface area contributed by atoms with Crippen LogP contribution in [0.4, 0.5) is 0 Å². The molecule has 0 saturated carbocycles. The number of benzene rings is 2. The van der Waals surface area contributed by atoms with Gasteiger partial charge in [-0.05, 0) is 31.2 Å². The van der Waals surface area contributed by atoms with Crippen LogP contribution in [0.2, 0.25) is 0 Å². The van der Waals surface area contributed by atoms with Gasteiger partial charge < -0.3 is 15.4 Å². The zero-order valence-electron chi connectivity index (χ0n) is 15.2. The lowest BCUT2D eigenvalue weighted by Gasteiger charge is -2.10. The van der Waals surface area contributed by atoms with Gasteiger partial charge in [0, 0.05) is 16.3 Å². The molecule has 8 heteroatoms. The summed E-state index contributed by atoms with van der Waals surface area (Å²) in [6, 6.07) is 16.0. The van der Waals surface area contributed by atoms with Crippen LogP contribution in [0.5, 0.6) is 0 Å². The lowest BCUT2D eigenvalue weighted by molar-refractivity contribution is -0.127. The minimum atomic E-state index is -0.661. The van der Waals surface area contributed by atoms with Crippen molar-refractivity contribution < 1.29 is 19.1 Å². The second kappa shape index (κ2) is 10.7. The number of likely N-dealkylation sites (N-methyl/N-ethyl adjacent to an activating group) is 1. The van der Waals surface area contributed by atoms with E-state index < -0.39 is 18.5 Å². The molecule has 2 amide bonds. The first kappa shape index (κ1) is 21.0. The van der Waals surface area contributed by atoms with Crippen molar-refractivity contribution in [2.45, 2.75) is 16.7 Å². The van der Waals surface area contributed by atoms with Crippen molar-refractivity contribution in [3.8, 4) is 6.07 Å². The largest absolute Gasteiger partial charge is 0.452 e. The molecule has 144 valence electrons. The molecular formula is C20H19N3O4S. The Hall–Kier alpha value is -3.31. The van der Waals surface area contributed by atoms with Gasteiger partial charge in [0.05, 0.1) is 17.7 Å². The van der Waals surface area contributed by atoms with Crippen LogP contribution in [0.1, 0.15) is 22.8 Å². The summed E-state index contributed by atoms with van der Waals surface area (Å²) < 4.78 is 5.06. The number of nitriles is 1. The van der Waals surface area contributed by atoms with Crippen LogP contribution in [0.25, 0.3) is 0 Å². The first-order valence-corrected chi connectivity index (χ1v) is 9.33. The summed E-state index contributed by atoms with van der Waals surface area (Å²) in [5.41, 5.74) is 0.789. The number of nitrogens with one attached hydrogen (secondary N) is 2. The average Bonchev–Trinajstić information content (AvgIpc) is 2.71. The van der Waals surface area contributed by atoms with E-state index in [4.69, 9.17) is 4.74 Å². The normalized spacial score (nSPS) is 9.86. The number of hydrogen-bond donors (Lipinski definition) is 2. The fourth-order valence-corrected chi connectivity index (χ4v) is 3.20. The van der Waals surface area contributed by atoms with Gasteiger partial charge >= 0.3 is 5.97 Å². The first-order valence-electron chi connectivity index (χ1n) is 8.51. The monoisotopic (exact) mass is 397 g/mol. The minimum Gasteiger partial charge on any atom is -0.452 e. The topological polar surface area (TPSA) is 108 Å². The summed E-state index contributed by atoms with van der Waals surface area (Å²) in [4.78, 5) is 36.8. The lowest BCUT2D eigenvalue weighted by atomic mass is 10.2. The van der Waals surface area contributed by atoms with E-state index in [0.29, 0.717) is 21.9 Å². The fraction of sp³-hybridized carbons (Fsp3) is 0.200. The molecule has 0 spiro atoms. The van der Waals surface area contributed by atoms with Crippen LogP contribution >= 0.6 is 11.8 Å². The SMILES string of the molecule is CCNC(=O)CNC(=O)COC(=O)c1ccccc1Sc1ccccc1C#N. The van der Waals surface area contributed by atoms with Crippen molar-refractivity contribution in [2.75, 3.05) is 19.7 Å². The van der Waals surface area contributed by atoms with Crippen molar-refractivity contribution in [2.24, 2.45) is 0 Å². The molecule has 0 saturated heterocycles. The molecule has 0 aliphatic heterocycles. The van der Waals surface area contributed by atoms with Gasteiger partial charge in [-0.3, -0.25) is 9.59 Å². The van der Waals surface area contributed by atoms with Crippen LogP contribution in [0, 0.1) is 11.3 Å². The van der Waals surface area contributed by atoms with E-state index in [0.717, 1.165) is 0 Å². The summed E-state index contributed by atoms with van der Waals surface area (Å²) in [7, 11) is 0. The maximum atomic E-state index is 12.4. The van der Waals surface area contributed by atoms with Crippen molar-refractivity contribution in [3.63, 3.8) is 0 Å². The molecule has 2 N–H and O–H groups in total. The van der Waals surface area contributed by atoms with E-state index in [1.165, 1.54) is 11.8 Å². The zero-order valence-corrected chi connectivity index (χ0v) is 16.0. The molecule has 0 aliphatic carbocycles. The second-order valence-electron chi connectivity index (χ2n) is 5.51. The molecule has 28 heavy (non-hydrogen) atoms. The number of hydrogen-bond acceptors (Lipinski definition) is 6. The van der Waals surface area contributed by atoms with Gasteiger partial charge in [-0.1, -0.05) is 36.0 Å². The van der Waals surface area contributed by atoms with Gasteiger partial charge in [0.1, 0.15) is 6.07 Å². The molecule has 0 atom stereocenters. The molecule has 2 rings (SSSR count). The molecule has 0 aromatic heterocycles. The highest BCUT2D eigenvalue weighted by Gasteiger charge is 2.16. The molecule has 0 heterocycles. The third kappa shape index (κ3) is 6.14. The molecule has 0 fully saturated rings. The van der Waals surface area contributed by atoms with Gasteiger partial charge in [-0.15, -0.1) is 0 Å². The fourth-order valence-electron chi connectivity index (χ4n) is 2.19. The molecule has 2 aromatic rings. The predicted molar refractivity (Wildman–Crippen MR) is 104 cm³/mol. The van der Waals surface area contributed by atoms with Gasteiger partial charge in [0.25, 0.3) is 5.91 Å². The number of rotatable bonds is 8. The molecule has 7 nitrogen and oxygen atoms in total. The number of nitrogens with zero attached hydrogens (tertiary/aromatic N) is 1. The molecule has 2 aromatic carbocycles. The van der Waals surface area contributed by atoms with E-state index in [1.54, 1.807) is 49.4 Å². The number of esters is 1. The van der Waals surface area contributed by atoms with Crippen LogP contribution in [0.15, 0.2) is 58.3 Å². The van der Waals surface area contributed by atoms with Crippen molar-refractivity contribution in [1.82, 2.24) is 10.6 Å². The molecule has 0 unspecified atom stereocenters. The van der Waals surface area contributed by atoms with E-state index in [-0.39, 0.29) is 18.0 Å². The van der Waals surface area contributed by atoms with Crippen molar-refractivity contribution in [1.29, 1.82) is 5.26 Å². The number of ether oxygens (including phenoxy) is 1. The third-order valence-electron chi connectivity index (χ3n) is 3.49. The summed E-state index contributed by atoms with van der Waals surface area (Å²) in [5.74, 6) is -1.55. The second-order valence-corrected chi connectivity index (χ2v) is 6.60. The summed E-state index contributed by atoms with van der Waals surface area (Å²) in [5, 5.41) is 14.1. The maximum absolute atomic E-state index is 12.4. The Labute approximate surface area is 167 Å². The standard InChI is InChI=1S/C20H19N3O4S/c1-2-22-18(24)12-23-19(25)13-27-20(26)15-8-4-6-10-17(15)28-16-9-5-3-7-14(16)11-21/h3-10H,2,12-13H2,1H3,(H,22,24)(H,23,25). The van der Waals surface area contributed by atoms with Crippen molar-refractivity contribution in [3.05, 3.63) is 59.7 Å². The first-order chi connectivity index (χ1) is 13.5. The summed E-state index contributed by atoms with van der Waals surface area (Å²) in [6.45, 7) is 1.56. The predicted octanol–water partition coefficient (Wildman–Crippen LogP) is 2.12. The Bertz CT molecular complexity index is 908. The van der Waals surface area contributed by atoms with Gasteiger partial charge in [0.2, 0.25) is 5.91 Å². The Morgan fingerprint density at radius 1 is 1.00 bits per heavy atom. The molecule has 0 radical (unpaired) electrons. The molecule has 0 aliphatic rings. The van der Waals surface area contributed by atoms with Gasteiger partial charge in [-0.25, -0.2) is 4.79 Å². The highest BCUT2D eigenvalue weighted by Crippen LogP contribution is 2.32. The number of carbonyl (C=O) groups excluding carboxylic acids is 3. The number of amides is 2. The molecule has 0 bridgehead atoms. The Kier molecular flexibility index (Phi) is 8.06. The maximum Gasteiger partial charge on any atom is 0.339 e. The van der Waals surface area contributed by atoms with E-state index in [9.17, 15) is 19.6 Å². The van der Waals surface area contributed by atoms with Crippen LogP contribution < -0.4 is 10.6 Å². The van der Waals surface area contributed by atoms with Crippen LogP contribution in [-0.4, -0.2) is 37.5 Å². The zero-order chi connectivity index (χ0) is 20.4. The smallest absolute Gasteiger partial charge is 0.339 e. The quantitative estimate of drug-likeness (QED) is 0.661. The van der Waals surface area contributed by atoms with Crippen molar-refractivity contribution >= 4 is 29.5 Å². The third-order valence-corrected chi connectivity index (χ3v) is 4.64. The van der Waals surface area contributed by atoms with E-state index in [1.807, 2.05) is 6.07 Å². The van der Waals surface area contributed by atoms with Crippen LogP contribution in [0.3, 0.4) is 0 Å². The van der Waals surface area contributed by atoms with E-state index >= 15 is 0 Å². The lowest BCUT2D eigenvalue weighted by Crippen LogP contribution is -2.38. The highest BCUT2D eigenvalue weighted by atomic mass is 32.2. The van der Waals surface area contributed by atoms with Gasteiger partial charge in [-0.2, -0.15) is 5.26 Å². The highest BCUT2D eigenvalue weighted by molar-refractivity contribution is 7.99. The average molecular weight is 397 g/mol. The Morgan fingerprint density at radius 2 is 1.68 bits per heavy atom. The summed E-state index contributed by atoms with van der Waals surface area (Å²) >= 11 is 1.27. The minimum absolute atomic E-state index is 0.179. The van der Waals surface area contributed by atoms with E-state index in [2.05, 4.69) is 16.7 Å². The number of carbonyl (C=O) groups is 3. The molecular weight excluding hydrogens is 378 g/mol. The Balaban J connectivity index is 2.00. The van der Waals surface area contributed by atoms with Gasteiger partial charge in [0.15, 0.2) is 6.61 Å². The van der Waals surface area contributed by atoms with Crippen LogP contribution in [-0.2, 0) is 14.3 Å². The summed E-state index contributed by atoms with van der Waals surface area (Å²) in [6.07, 6.45) is 0.